The number of carbonyl (C=O) groups excluding carboxylic acids is 8. The fourth-order valence-corrected chi connectivity index (χ4v) is 5.60. The van der Waals surface area contributed by atoms with Gasteiger partial charge in [-0.25, -0.2) is 24.0 Å². The number of ketones is 2. The number of amides is 3. The van der Waals surface area contributed by atoms with Crippen LogP contribution in [0.2, 0.25) is 0 Å². The molecule has 4 unspecified atom stereocenters. The van der Waals surface area contributed by atoms with Crippen LogP contribution in [0.25, 0.3) is 0 Å². The lowest BCUT2D eigenvalue weighted by Gasteiger charge is -2.13. The van der Waals surface area contributed by atoms with Crippen molar-refractivity contribution in [3.8, 4) is 0 Å². The van der Waals surface area contributed by atoms with Crippen molar-refractivity contribution >= 4 is 58.8 Å². The molecule has 360 valence electrons. The second kappa shape index (κ2) is 30.6. The summed E-state index contributed by atoms with van der Waals surface area (Å²) in [4.78, 5) is 94.3. The minimum absolute atomic E-state index is 0.0945. The predicted octanol–water partition coefficient (Wildman–Crippen LogP) is 6.59. The second-order valence-electron chi connectivity index (χ2n) is 15.5. The monoisotopic (exact) mass is 919 g/mol. The van der Waals surface area contributed by atoms with E-state index in [1.165, 1.54) is 27.7 Å². The van der Waals surface area contributed by atoms with Crippen LogP contribution in [-0.2, 0) is 49.3 Å². The first-order valence-corrected chi connectivity index (χ1v) is 22.2. The number of hydrogen-bond donors (Lipinski definition) is 5. The van der Waals surface area contributed by atoms with Gasteiger partial charge in [-0.05, 0) is 109 Å². The molecule has 66 heavy (non-hydrogen) atoms. The standard InChI is InChI=1S/C34H39N3O8.C15H26O6/c1-22-7-15-28(16-8-22)36-31(40)27-13-11-26(12-14-27)30(39)21-25-9-17-29(18-10-25)37-34(43)35-19-5-4-6-20-44-33(42)24(3)45-32(41)23(2)38;1-4-13(17)9-7-5-6-8-10-20-15(19)12(3)21-14(18)11(2)16/h7-18,23-24,38H,4-6,19-21H2,1-3H3,(H,36,40)(H2,35,37,43);11-12,16H,4-10H2,1-3H3. The molecule has 17 nitrogen and oxygen atoms in total. The SMILES string of the molecule is CCC(=O)CCCCCCOC(=O)C(C)OC(=O)C(C)O.Cc1ccc(NC(=O)c2ccc(C(=O)Cc3ccc(NC(=O)NCCCCCOC(=O)C(C)OC(=O)C(C)O)cc3)cc2)cc1. The van der Waals surface area contributed by atoms with E-state index in [1.807, 2.05) is 38.1 Å². The Morgan fingerprint density at radius 2 is 1.03 bits per heavy atom. The average molecular weight is 920 g/mol. The van der Waals surface area contributed by atoms with Gasteiger partial charge in [-0.1, -0.05) is 61.7 Å². The van der Waals surface area contributed by atoms with Crippen molar-refractivity contribution in [3.05, 3.63) is 95.1 Å². The van der Waals surface area contributed by atoms with Crippen molar-refractivity contribution in [1.29, 1.82) is 0 Å². The number of Topliss-reactive ketones (excluding diaryl/α,β-unsaturated/α-hetero) is 2. The molecule has 0 fully saturated rings. The molecule has 5 N–H and O–H groups in total. The van der Waals surface area contributed by atoms with Crippen LogP contribution in [-0.4, -0.2) is 102 Å². The lowest BCUT2D eigenvalue weighted by molar-refractivity contribution is -0.171. The minimum Gasteiger partial charge on any atom is -0.463 e. The van der Waals surface area contributed by atoms with Gasteiger partial charge in [0.1, 0.15) is 18.0 Å². The molecule has 0 spiro atoms. The Hall–Kier alpha value is -6.46. The normalized spacial score (nSPS) is 12.4. The quantitative estimate of drug-likeness (QED) is 0.0247. The molecule has 17 heteroatoms. The van der Waals surface area contributed by atoms with E-state index in [0.29, 0.717) is 67.6 Å². The number of nitrogens with one attached hydrogen (secondary N) is 3. The highest BCUT2D eigenvalue weighted by Gasteiger charge is 2.23. The maximum atomic E-state index is 12.8. The van der Waals surface area contributed by atoms with Crippen LogP contribution in [0, 0.1) is 6.92 Å². The lowest BCUT2D eigenvalue weighted by Crippen LogP contribution is -2.31. The van der Waals surface area contributed by atoms with Crippen molar-refractivity contribution in [2.24, 2.45) is 0 Å². The van der Waals surface area contributed by atoms with Crippen molar-refractivity contribution in [2.45, 2.75) is 130 Å². The van der Waals surface area contributed by atoms with E-state index in [0.717, 1.165) is 30.4 Å². The zero-order valence-corrected chi connectivity index (χ0v) is 38.7. The first-order chi connectivity index (χ1) is 31.4. The van der Waals surface area contributed by atoms with Crippen LogP contribution in [0.4, 0.5) is 16.2 Å². The second-order valence-corrected chi connectivity index (χ2v) is 15.5. The lowest BCUT2D eigenvalue weighted by atomic mass is 10.0. The van der Waals surface area contributed by atoms with Gasteiger partial charge in [-0.2, -0.15) is 0 Å². The number of rotatable bonds is 26. The molecule has 0 bridgehead atoms. The van der Waals surface area contributed by atoms with E-state index in [4.69, 9.17) is 29.2 Å². The average Bonchev–Trinajstić information content (AvgIpc) is 3.29. The Morgan fingerprint density at radius 3 is 1.55 bits per heavy atom. The van der Waals surface area contributed by atoms with Gasteiger partial charge in [-0.15, -0.1) is 0 Å². The van der Waals surface area contributed by atoms with Crippen LogP contribution >= 0.6 is 0 Å². The van der Waals surface area contributed by atoms with Crippen molar-refractivity contribution in [3.63, 3.8) is 0 Å². The molecule has 3 amide bonds. The van der Waals surface area contributed by atoms with Gasteiger partial charge in [0.05, 0.1) is 13.2 Å². The highest BCUT2D eigenvalue weighted by Crippen LogP contribution is 2.15. The number of aryl methyl sites for hydroxylation is 1. The molecule has 0 radical (unpaired) electrons. The van der Waals surface area contributed by atoms with Crippen LogP contribution in [0.5, 0.6) is 0 Å². The Bertz CT molecular complexity index is 2020. The number of anilines is 2. The summed E-state index contributed by atoms with van der Waals surface area (Å²) in [6.45, 7) is 9.94. The van der Waals surface area contributed by atoms with Crippen LogP contribution in [0.15, 0.2) is 72.8 Å². The third-order valence-electron chi connectivity index (χ3n) is 9.63. The van der Waals surface area contributed by atoms with Gasteiger partial charge in [0.15, 0.2) is 18.0 Å². The summed E-state index contributed by atoms with van der Waals surface area (Å²) in [5, 5.41) is 26.4. The molecule has 4 atom stereocenters. The number of unbranched alkanes of at least 4 members (excludes halogenated alkanes) is 5. The number of esters is 4. The van der Waals surface area contributed by atoms with Gasteiger partial charge in [0.2, 0.25) is 0 Å². The third kappa shape index (κ3) is 22.9. The molecule has 0 aliphatic carbocycles. The van der Waals surface area contributed by atoms with Gasteiger partial charge in [0, 0.05) is 48.3 Å². The van der Waals surface area contributed by atoms with E-state index < -0.39 is 48.3 Å². The van der Waals surface area contributed by atoms with Gasteiger partial charge in [0.25, 0.3) is 5.91 Å². The van der Waals surface area contributed by atoms with E-state index in [2.05, 4.69) is 16.0 Å². The number of aliphatic hydroxyl groups excluding tert-OH is 2. The molecule has 0 aliphatic heterocycles. The molecule has 0 aliphatic rings. The van der Waals surface area contributed by atoms with Crippen LogP contribution < -0.4 is 16.0 Å². The Kier molecular flexibility index (Phi) is 25.8. The number of hydrogen-bond acceptors (Lipinski definition) is 14. The number of benzene rings is 3. The summed E-state index contributed by atoms with van der Waals surface area (Å²) >= 11 is 0. The summed E-state index contributed by atoms with van der Waals surface area (Å²) in [7, 11) is 0. The van der Waals surface area contributed by atoms with E-state index in [-0.39, 0.29) is 43.1 Å². The summed E-state index contributed by atoms with van der Waals surface area (Å²) in [5.41, 5.74) is 4.10. The Balaban J connectivity index is 0.000000599. The maximum absolute atomic E-state index is 12.8. The maximum Gasteiger partial charge on any atom is 0.347 e. The third-order valence-corrected chi connectivity index (χ3v) is 9.63. The van der Waals surface area contributed by atoms with Crippen LogP contribution in [0.3, 0.4) is 0 Å². The molecule has 3 aromatic rings. The number of aliphatic hydroxyl groups is 2. The Morgan fingerprint density at radius 1 is 0.561 bits per heavy atom. The molecule has 3 aromatic carbocycles. The zero-order chi connectivity index (χ0) is 49.0. The molecule has 0 saturated heterocycles. The van der Waals surface area contributed by atoms with E-state index in [1.54, 1.807) is 48.5 Å². The first-order valence-electron chi connectivity index (χ1n) is 22.2. The van der Waals surface area contributed by atoms with Gasteiger partial charge < -0.3 is 45.1 Å². The largest absolute Gasteiger partial charge is 0.463 e. The predicted molar refractivity (Wildman–Crippen MR) is 246 cm³/mol. The highest BCUT2D eigenvalue weighted by molar-refractivity contribution is 6.05. The summed E-state index contributed by atoms with van der Waals surface area (Å²) in [6.07, 6.45) is 1.98. The topological polar surface area (TPSA) is 250 Å². The fourth-order valence-electron chi connectivity index (χ4n) is 5.60. The number of urea groups is 1. The molecule has 0 heterocycles. The van der Waals surface area contributed by atoms with Crippen molar-refractivity contribution < 1.29 is 67.5 Å². The first kappa shape index (κ1) is 55.7. The molecular weight excluding hydrogens is 855 g/mol. The van der Waals surface area contributed by atoms with Gasteiger partial charge >= 0.3 is 29.9 Å². The summed E-state index contributed by atoms with van der Waals surface area (Å²) in [6, 6.07) is 20.6. The molecule has 0 saturated carbocycles. The molecule has 3 rings (SSSR count). The summed E-state index contributed by atoms with van der Waals surface area (Å²) in [5.74, 6) is -3.12. The van der Waals surface area contributed by atoms with Crippen LogP contribution in [0.1, 0.15) is 124 Å². The Labute approximate surface area is 386 Å². The zero-order valence-electron chi connectivity index (χ0n) is 38.7. The summed E-state index contributed by atoms with van der Waals surface area (Å²) < 4.78 is 19.5. The fraction of sp³-hybridized carbons (Fsp3) is 0.469. The highest BCUT2D eigenvalue weighted by atomic mass is 16.6. The van der Waals surface area contributed by atoms with Crippen molar-refractivity contribution in [1.82, 2.24) is 5.32 Å². The minimum atomic E-state index is -1.32. The van der Waals surface area contributed by atoms with E-state index >= 15 is 0 Å². The molecular formula is C49H65N3O14. The van der Waals surface area contributed by atoms with Gasteiger partial charge in [-0.3, -0.25) is 14.4 Å². The van der Waals surface area contributed by atoms with E-state index in [9.17, 15) is 38.4 Å². The number of ether oxygens (including phenoxy) is 4. The van der Waals surface area contributed by atoms with Crippen molar-refractivity contribution in [2.75, 3.05) is 30.4 Å². The smallest absolute Gasteiger partial charge is 0.347 e. The number of carbonyl (C=O) groups is 8. The molecule has 0 aromatic heterocycles.